The second-order valence-corrected chi connectivity index (χ2v) is 4.26. The Bertz CT molecular complexity index is 264. The topological polar surface area (TPSA) is 35.5 Å². The molecule has 0 aromatic heterocycles. The van der Waals surface area contributed by atoms with Gasteiger partial charge in [-0.15, -0.1) is 0 Å². The van der Waals surface area contributed by atoms with Gasteiger partial charge in [0, 0.05) is 12.3 Å². The highest BCUT2D eigenvalue weighted by Gasteiger charge is 2.44. The van der Waals surface area contributed by atoms with Crippen LogP contribution in [0.3, 0.4) is 0 Å². The van der Waals surface area contributed by atoms with E-state index in [1.54, 1.807) is 6.08 Å². The SMILES string of the molecule is CCCCC1CC(=O)C=CC12OCCO2. The maximum atomic E-state index is 11.4. The predicted octanol–water partition coefficient (Wildman–Crippen LogP) is 2.06. The zero-order valence-corrected chi connectivity index (χ0v) is 9.20. The Morgan fingerprint density at radius 2 is 2.20 bits per heavy atom. The lowest BCUT2D eigenvalue weighted by molar-refractivity contribution is -0.167. The molecule has 1 aliphatic heterocycles. The molecule has 2 rings (SSSR count). The van der Waals surface area contributed by atoms with Gasteiger partial charge < -0.3 is 9.47 Å². The molecule has 84 valence electrons. The molecule has 1 fully saturated rings. The Kier molecular flexibility index (Phi) is 3.22. The van der Waals surface area contributed by atoms with E-state index in [4.69, 9.17) is 9.47 Å². The highest BCUT2D eigenvalue weighted by molar-refractivity contribution is 5.91. The van der Waals surface area contributed by atoms with Gasteiger partial charge in [0.15, 0.2) is 11.6 Å². The Morgan fingerprint density at radius 1 is 1.47 bits per heavy atom. The minimum absolute atomic E-state index is 0.195. The summed E-state index contributed by atoms with van der Waals surface area (Å²) < 4.78 is 11.4. The third kappa shape index (κ3) is 2.13. The predicted molar refractivity (Wildman–Crippen MR) is 56.4 cm³/mol. The summed E-state index contributed by atoms with van der Waals surface area (Å²) in [5.74, 6) is -0.179. The van der Waals surface area contributed by atoms with Crippen LogP contribution in [0.2, 0.25) is 0 Å². The smallest absolute Gasteiger partial charge is 0.191 e. The largest absolute Gasteiger partial charge is 0.344 e. The van der Waals surface area contributed by atoms with Crippen LogP contribution in [0.4, 0.5) is 0 Å². The highest BCUT2D eigenvalue weighted by atomic mass is 16.7. The van der Waals surface area contributed by atoms with E-state index in [1.807, 2.05) is 6.08 Å². The molecule has 0 bridgehead atoms. The van der Waals surface area contributed by atoms with Gasteiger partial charge >= 0.3 is 0 Å². The van der Waals surface area contributed by atoms with Gasteiger partial charge in [-0.25, -0.2) is 0 Å². The van der Waals surface area contributed by atoms with E-state index in [0.717, 1.165) is 19.3 Å². The second kappa shape index (κ2) is 4.45. The average molecular weight is 210 g/mol. The van der Waals surface area contributed by atoms with E-state index in [9.17, 15) is 4.79 Å². The van der Waals surface area contributed by atoms with Crippen molar-refractivity contribution in [3.8, 4) is 0 Å². The minimum atomic E-state index is -0.580. The summed E-state index contributed by atoms with van der Waals surface area (Å²) in [7, 11) is 0. The molecule has 3 heteroatoms. The molecule has 1 heterocycles. The molecule has 1 unspecified atom stereocenters. The molecule has 1 aliphatic carbocycles. The van der Waals surface area contributed by atoms with Gasteiger partial charge in [0.05, 0.1) is 13.2 Å². The maximum absolute atomic E-state index is 11.4. The van der Waals surface area contributed by atoms with Crippen molar-refractivity contribution in [3.63, 3.8) is 0 Å². The van der Waals surface area contributed by atoms with Crippen molar-refractivity contribution >= 4 is 5.78 Å². The van der Waals surface area contributed by atoms with Crippen molar-refractivity contribution < 1.29 is 14.3 Å². The number of allylic oxidation sites excluding steroid dienone is 1. The standard InChI is InChI=1S/C12H18O3/c1-2-3-4-10-9-11(13)5-6-12(10)14-7-8-15-12/h5-6,10H,2-4,7-9H2,1H3. The van der Waals surface area contributed by atoms with Crippen LogP contribution in [0, 0.1) is 5.92 Å². The molecule has 1 saturated heterocycles. The Hall–Kier alpha value is -0.670. The maximum Gasteiger partial charge on any atom is 0.191 e. The lowest BCUT2D eigenvalue weighted by Gasteiger charge is -2.35. The van der Waals surface area contributed by atoms with Gasteiger partial charge in [0.25, 0.3) is 0 Å². The van der Waals surface area contributed by atoms with Crippen molar-refractivity contribution in [1.29, 1.82) is 0 Å². The van der Waals surface area contributed by atoms with E-state index in [1.165, 1.54) is 0 Å². The fourth-order valence-electron chi connectivity index (χ4n) is 2.33. The Labute approximate surface area is 90.4 Å². The Morgan fingerprint density at radius 3 is 2.87 bits per heavy atom. The average Bonchev–Trinajstić information content (AvgIpc) is 2.70. The van der Waals surface area contributed by atoms with E-state index < -0.39 is 5.79 Å². The third-order valence-electron chi connectivity index (χ3n) is 3.16. The van der Waals surface area contributed by atoms with Crippen LogP contribution >= 0.6 is 0 Å². The van der Waals surface area contributed by atoms with Gasteiger partial charge in [-0.2, -0.15) is 0 Å². The zero-order chi connectivity index (χ0) is 10.7. The van der Waals surface area contributed by atoms with E-state index in [2.05, 4.69) is 6.92 Å². The number of ether oxygens (including phenoxy) is 2. The van der Waals surface area contributed by atoms with Crippen LogP contribution in [-0.2, 0) is 14.3 Å². The fraction of sp³-hybridized carbons (Fsp3) is 0.750. The van der Waals surface area contributed by atoms with Crippen molar-refractivity contribution in [1.82, 2.24) is 0 Å². The molecule has 0 aromatic carbocycles. The van der Waals surface area contributed by atoms with E-state index in [-0.39, 0.29) is 11.7 Å². The van der Waals surface area contributed by atoms with Crippen molar-refractivity contribution in [2.24, 2.45) is 5.92 Å². The molecule has 0 N–H and O–H groups in total. The zero-order valence-electron chi connectivity index (χ0n) is 9.20. The van der Waals surface area contributed by atoms with Crippen LogP contribution in [0.5, 0.6) is 0 Å². The number of carbonyl (C=O) groups excluding carboxylic acids is 1. The molecule has 1 atom stereocenters. The molecule has 0 aromatic rings. The summed E-state index contributed by atoms with van der Waals surface area (Å²) in [4.78, 5) is 11.4. The Balaban J connectivity index is 2.10. The lowest BCUT2D eigenvalue weighted by Crippen LogP contribution is -2.41. The number of unbranched alkanes of at least 4 members (excludes halogenated alkanes) is 1. The molecule has 1 spiro atoms. The normalized spacial score (nSPS) is 28.9. The monoisotopic (exact) mass is 210 g/mol. The van der Waals surface area contributed by atoms with Crippen molar-refractivity contribution in [2.75, 3.05) is 13.2 Å². The van der Waals surface area contributed by atoms with E-state index in [0.29, 0.717) is 19.6 Å². The van der Waals surface area contributed by atoms with Gasteiger partial charge in [0.1, 0.15) is 0 Å². The lowest BCUT2D eigenvalue weighted by atomic mass is 9.84. The minimum Gasteiger partial charge on any atom is -0.344 e. The number of hydrogen-bond donors (Lipinski definition) is 0. The van der Waals surface area contributed by atoms with Gasteiger partial charge in [-0.3, -0.25) is 4.79 Å². The molecule has 0 saturated carbocycles. The summed E-state index contributed by atoms with van der Waals surface area (Å²) in [6, 6.07) is 0. The first kappa shape index (κ1) is 10.8. The van der Waals surface area contributed by atoms with Crippen LogP contribution in [0.15, 0.2) is 12.2 Å². The fourth-order valence-corrected chi connectivity index (χ4v) is 2.33. The van der Waals surface area contributed by atoms with Crippen LogP contribution in [0.1, 0.15) is 32.6 Å². The van der Waals surface area contributed by atoms with Gasteiger partial charge in [-0.05, 0) is 18.6 Å². The molecule has 2 aliphatic rings. The summed E-state index contributed by atoms with van der Waals surface area (Å²) in [5, 5.41) is 0. The van der Waals surface area contributed by atoms with Crippen LogP contribution < -0.4 is 0 Å². The molecule has 3 nitrogen and oxygen atoms in total. The van der Waals surface area contributed by atoms with Crippen molar-refractivity contribution in [3.05, 3.63) is 12.2 Å². The van der Waals surface area contributed by atoms with Gasteiger partial charge in [-0.1, -0.05) is 19.8 Å². The van der Waals surface area contributed by atoms with Gasteiger partial charge in [0.2, 0.25) is 0 Å². The molecule has 0 radical (unpaired) electrons. The first-order chi connectivity index (χ1) is 7.27. The highest BCUT2D eigenvalue weighted by Crippen LogP contribution is 2.38. The molecule has 15 heavy (non-hydrogen) atoms. The quantitative estimate of drug-likeness (QED) is 0.715. The van der Waals surface area contributed by atoms with Crippen LogP contribution in [-0.4, -0.2) is 24.8 Å². The number of hydrogen-bond acceptors (Lipinski definition) is 3. The first-order valence-electron chi connectivity index (χ1n) is 5.77. The summed E-state index contributed by atoms with van der Waals surface area (Å²) in [6.07, 6.45) is 7.26. The first-order valence-corrected chi connectivity index (χ1v) is 5.77. The summed E-state index contributed by atoms with van der Waals surface area (Å²) in [6.45, 7) is 3.44. The second-order valence-electron chi connectivity index (χ2n) is 4.26. The van der Waals surface area contributed by atoms with Crippen LogP contribution in [0.25, 0.3) is 0 Å². The number of carbonyl (C=O) groups is 1. The molecular formula is C12H18O3. The third-order valence-corrected chi connectivity index (χ3v) is 3.16. The number of ketones is 1. The number of rotatable bonds is 3. The summed E-state index contributed by atoms with van der Waals surface area (Å²) in [5.41, 5.74) is 0. The molecule has 0 amide bonds. The van der Waals surface area contributed by atoms with Crippen molar-refractivity contribution in [2.45, 2.75) is 38.4 Å². The molecular weight excluding hydrogens is 192 g/mol. The van der Waals surface area contributed by atoms with E-state index >= 15 is 0 Å². The summed E-state index contributed by atoms with van der Waals surface area (Å²) >= 11 is 0.